The van der Waals surface area contributed by atoms with Crippen molar-refractivity contribution in [2.45, 2.75) is 15.2 Å². The number of hydrogen-bond donors (Lipinski definition) is 0. The summed E-state index contributed by atoms with van der Waals surface area (Å²) in [6.07, 6.45) is 0. The maximum Gasteiger partial charge on any atom is 0.0725 e. The van der Waals surface area contributed by atoms with Gasteiger partial charge in [0, 0.05) is 15.2 Å². The lowest BCUT2D eigenvalue weighted by atomic mass is 9.61. The van der Waals surface area contributed by atoms with E-state index in [1.165, 1.54) is 98.1 Å². The summed E-state index contributed by atoms with van der Waals surface area (Å²) in [5.41, 5.74) is 15.7. The second kappa shape index (κ2) is 8.88. The van der Waals surface area contributed by atoms with Crippen LogP contribution in [-0.2, 0) is 5.41 Å². The van der Waals surface area contributed by atoms with E-state index in [0.29, 0.717) is 0 Å². The molecule has 1 aliphatic heterocycles. The van der Waals surface area contributed by atoms with Crippen molar-refractivity contribution in [1.29, 1.82) is 0 Å². The van der Waals surface area contributed by atoms with E-state index in [1.807, 2.05) is 11.8 Å². The molecule has 1 spiro atoms. The Bertz CT molecular complexity index is 2620. The van der Waals surface area contributed by atoms with Gasteiger partial charge in [0.15, 0.2) is 0 Å². The van der Waals surface area contributed by atoms with Gasteiger partial charge in [0.1, 0.15) is 0 Å². The van der Waals surface area contributed by atoms with Crippen LogP contribution in [0, 0.1) is 0 Å². The molecule has 0 bridgehead atoms. The zero-order valence-electron chi connectivity index (χ0n) is 24.9. The predicted molar refractivity (Wildman–Crippen MR) is 193 cm³/mol. The molecular formula is C45H26S. The summed E-state index contributed by atoms with van der Waals surface area (Å²) in [5.74, 6) is 0. The Balaban J connectivity index is 1.19. The Morgan fingerprint density at radius 3 is 1.72 bits per heavy atom. The van der Waals surface area contributed by atoms with Crippen molar-refractivity contribution < 1.29 is 0 Å². The standard InChI is InChI=1S/C45H26S/c1-4-18-37-31(13-1)34-16-7-10-27-11-9-20-40(43(27)34)45(37)38-19-5-2-14-32(38)36-25-28(22-23-39(36)45)30-24-29-12-8-17-35-33-15-3-6-21-41(33)46-42(26-30)44(29)35/h1-26H. The van der Waals surface area contributed by atoms with Gasteiger partial charge < -0.3 is 0 Å². The normalized spacial score (nSPS) is 16.3. The van der Waals surface area contributed by atoms with Crippen LogP contribution in [-0.4, -0.2) is 0 Å². The van der Waals surface area contributed by atoms with Gasteiger partial charge in [-0.3, -0.25) is 0 Å². The average molecular weight is 599 g/mol. The van der Waals surface area contributed by atoms with Gasteiger partial charge in [-0.15, -0.1) is 0 Å². The van der Waals surface area contributed by atoms with Crippen molar-refractivity contribution in [3.8, 4) is 44.5 Å². The van der Waals surface area contributed by atoms with Gasteiger partial charge >= 0.3 is 0 Å². The first kappa shape index (κ1) is 24.9. The Morgan fingerprint density at radius 1 is 0.326 bits per heavy atom. The molecular weight excluding hydrogens is 573 g/mol. The van der Waals surface area contributed by atoms with E-state index in [2.05, 4.69) is 158 Å². The molecule has 0 N–H and O–H groups in total. The third-order valence-electron chi connectivity index (χ3n) is 10.6. The molecule has 1 atom stereocenters. The number of rotatable bonds is 1. The van der Waals surface area contributed by atoms with Crippen molar-refractivity contribution in [2.75, 3.05) is 0 Å². The molecule has 46 heavy (non-hydrogen) atoms. The Labute approximate surface area is 272 Å². The first-order valence-corrected chi connectivity index (χ1v) is 16.8. The van der Waals surface area contributed by atoms with Crippen molar-refractivity contribution in [2.24, 2.45) is 0 Å². The van der Waals surface area contributed by atoms with Crippen LogP contribution in [0.15, 0.2) is 168 Å². The Kier molecular flexibility index (Phi) is 4.80. The quantitative estimate of drug-likeness (QED) is 0.181. The van der Waals surface area contributed by atoms with Crippen LogP contribution in [0.1, 0.15) is 22.3 Å². The zero-order chi connectivity index (χ0) is 30.0. The van der Waals surface area contributed by atoms with Gasteiger partial charge in [-0.1, -0.05) is 145 Å². The van der Waals surface area contributed by atoms with Crippen molar-refractivity contribution in [3.63, 3.8) is 0 Å². The van der Waals surface area contributed by atoms with Crippen LogP contribution in [0.2, 0.25) is 0 Å². The molecule has 1 heteroatoms. The second-order valence-corrected chi connectivity index (χ2v) is 13.9. The fraction of sp³-hybridized carbons (Fsp3) is 0.0222. The second-order valence-electron chi connectivity index (χ2n) is 12.8. The molecule has 0 nitrogen and oxygen atoms in total. The fourth-order valence-electron chi connectivity index (χ4n) is 8.87. The van der Waals surface area contributed by atoms with Crippen LogP contribution in [0.5, 0.6) is 0 Å². The molecule has 0 amide bonds. The number of benzene rings is 8. The highest BCUT2D eigenvalue weighted by atomic mass is 32.2. The van der Waals surface area contributed by atoms with Crippen molar-refractivity contribution in [1.82, 2.24) is 0 Å². The largest absolute Gasteiger partial charge is 0.0888 e. The van der Waals surface area contributed by atoms with E-state index in [0.717, 1.165) is 0 Å². The van der Waals surface area contributed by atoms with Gasteiger partial charge in [0.25, 0.3) is 0 Å². The lowest BCUT2D eigenvalue weighted by Crippen LogP contribution is -2.31. The topological polar surface area (TPSA) is 0 Å². The first-order valence-electron chi connectivity index (χ1n) is 16.0. The third kappa shape index (κ3) is 3.02. The molecule has 8 aromatic rings. The third-order valence-corrected chi connectivity index (χ3v) is 11.8. The summed E-state index contributed by atoms with van der Waals surface area (Å²) in [6.45, 7) is 0. The molecule has 212 valence electrons. The van der Waals surface area contributed by atoms with Gasteiger partial charge in [-0.05, 0) is 107 Å². The van der Waals surface area contributed by atoms with E-state index in [4.69, 9.17) is 0 Å². The molecule has 0 saturated heterocycles. The molecule has 0 fully saturated rings. The SMILES string of the molecule is c1ccc2c(c1)Sc1cc(-c3ccc4c(c3)-c3ccccc3C43c4ccccc4-c4cccc5cccc3c45)cc3cccc-2c13. The van der Waals surface area contributed by atoms with Crippen LogP contribution in [0.4, 0.5) is 0 Å². The number of hydrogen-bond acceptors (Lipinski definition) is 1. The molecule has 1 heterocycles. The highest BCUT2D eigenvalue weighted by Gasteiger charge is 2.49. The zero-order valence-corrected chi connectivity index (χ0v) is 25.7. The molecule has 11 rings (SSSR count). The van der Waals surface area contributed by atoms with Crippen LogP contribution < -0.4 is 0 Å². The average Bonchev–Trinajstić information content (AvgIpc) is 3.41. The summed E-state index contributed by atoms with van der Waals surface area (Å²) in [6, 6.07) is 59.5. The van der Waals surface area contributed by atoms with Crippen molar-refractivity contribution in [3.05, 3.63) is 180 Å². The monoisotopic (exact) mass is 598 g/mol. The molecule has 1 unspecified atom stereocenters. The molecule has 0 aromatic heterocycles. The van der Waals surface area contributed by atoms with E-state index < -0.39 is 0 Å². The highest BCUT2D eigenvalue weighted by Crippen LogP contribution is 2.62. The van der Waals surface area contributed by atoms with E-state index in [1.54, 1.807) is 0 Å². The van der Waals surface area contributed by atoms with Gasteiger partial charge in [-0.25, -0.2) is 0 Å². The summed E-state index contributed by atoms with van der Waals surface area (Å²) in [7, 11) is 0. The van der Waals surface area contributed by atoms with E-state index >= 15 is 0 Å². The first-order chi connectivity index (χ1) is 22.8. The van der Waals surface area contributed by atoms with Gasteiger partial charge in [0.05, 0.1) is 5.41 Å². The minimum Gasteiger partial charge on any atom is -0.0888 e. The molecule has 0 saturated carbocycles. The Morgan fingerprint density at radius 2 is 0.913 bits per heavy atom. The minimum absolute atomic E-state index is 0.376. The van der Waals surface area contributed by atoms with Crippen LogP contribution in [0.25, 0.3) is 66.1 Å². The summed E-state index contributed by atoms with van der Waals surface area (Å²) in [4.78, 5) is 2.67. The van der Waals surface area contributed by atoms with E-state index in [-0.39, 0.29) is 5.41 Å². The minimum atomic E-state index is -0.376. The molecule has 0 radical (unpaired) electrons. The molecule has 8 aromatic carbocycles. The highest BCUT2D eigenvalue weighted by molar-refractivity contribution is 7.99. The lowest BCUT2D eigenvalue weighted by Gasteiger charge is -2.40. The van der Waals surface area contributed by atoms with Crippen LogP contribution in [0.3, 0.4) is 0 Å². The van der Waals surface area contributed by atoms with Gasteiger partial charge in [0.2, 0.25) is 0 Å². The van der Waals surface area contributed by atoms with Crippen LogP contribution >= 0.6 is 11.8 Å². The summed E-state index contributed by atoms with van der Waals surface area (Å²) < 4.78 is 0. The lowest BCUT2D eigenvalue weighted by molar-refractivity contribution is 0.773. The maximum atomic E-state index is 2.46. The number of fused-ring (bicyclic) bond motifs is 11. The van der Waals surface area contributed by atoms with Gasteiger partial charge in [-0.2, -0.15) is 0 Å². The van der Waals surface area contributed by atoms with Crippen molar-refractivity contribution >= 4 is 33.3 Å². The predicted octanol–water partition coefficient (Wildman–Crippen LogP) is 12.1. The summed E-state index contributed by atoms with van der Waals surface area (Å²) in [5, 5.41) is 5.34. The maximum absolute atomic E-state index is 2.46. The smallest absolute Gasteiger partial charge is 0.0725 e. The molecule has 2 aliphatic carbocycles. The van der Waals surface area contributed by atoms with E-state index in [9.17, 15) is 0 Å². The molecule has 3 aliphatic rings. The fourth-order valence-corrected chi connectivity index (χ4v) is 10.1. The Hall–Kier alpha value is -5.37. The summed E-state index contributed by atoms with van der Waals surface area (Å²) >= 11 is 1.90.